The summed E-state index contributed by atoms with van der Waals surface area (Å²) < 4.78 is 19.7. The predicted molar refractivity (Wildman–Crippen MR) is 81.4 cm³/mol. The van der Waals surface area contributed by atoms with Crippen LogP contribution in [0.3, 0.4) is 0 Å². The Morgan fingerprint density at radius 1 is 1.33 bits per heavy atom. The van der Waals surface area contributed by atoms with E-state index in [1.165, 1.54) is 12.1 Å². The highest BCUT2D eigenvalue weighted by molar-refractivity contribution is 9.10. The van der Waals surface area contributed by atoms with Gasteiger partial charge in [0, 0.05) is 23.9 Å². The van der Waals surface area contributed by atoms with Gasteiger partial charge in [-0.05, 0) is 46.3 Å². The first-order valence-electron chi connectivity index (χ1n) is 6.10. The summed E-state index contributed by atoms with van der Waals surface area (Å²) in [5.74, 6) is -0.877. The van der Waals surface area contributed by atoms with E-state index in [0.717, 1.165) is 16.2 Å². The van der Waals surface area contributed by atoms with Gasteiger partial charge in [0.1, 0.15) is 11.6 Å². The zero-order valence-electron chi connectivity index (χ0n) is 11.2. The Morgan fingerprint density at radius 3 is 2.76 bits per heavy atom. The van der Waals surface area contributed by atoms with Crippen LogP contribution in [0.2, 0.25) is 0 Å². The highest BCUT2D eigenvalue weighted by atomic mass is 79.9. The topological polar surface area (TPSA) is 58.6 Å². The summed E-state index contributed by atoms with van der Waals surface area (Å²) in [5, 5.41) is 12.0. The lowest BCUT2D eigenvalue weighted by molar-refractivity contribution is 0.0696. The Morgan fingerprint density at radius 2 is 2.10 bits per heavy atom. The van der Waals surface area contributed by atoms with Gasteiger partial charge in [0.15, 0.2) is 0 Å². The van der Waals surface area contributed by atoms with E-state index < -0.39 is 11.8 Å². The number of methoxy groups -OCH3 is 1. The summed E-state index contributed by atoms with van der Waals surface area (Å²) in [5.41, 5.74) is 1.09. The van der Waals surface area contributed by atoms with E-state index in [4.69, 9.17) is 9.84 Å². The average molecular weight is 354 g/mol. The summed E-state index contributed by atoms with van der Waals surface area (Å²) in [7, 11) is 1.56. The van der Waals surface area contributed by atoms with Crippen molar-refractivity contribution in [2.75, 3.05) is 12.4 Å². The van der Waals surface area contributed by atoms with Crippen molar-refractivity contribution in [1.29, 1.82) is 0 Å². The summed E-state index contributed by atoms with van der Waals surface area (Å²) in [6.07, 6.45) is 0. The van der Waals surface area contributed by atoms with Crippen LogP contribution in [-0.4, -0.2) is 18.2 Å². The van der Waals surface area contributed by atoms with Crippen molar-refractivity contribution in [1.82, 2.24) is 0 Å². The second-order valence-electron chi connectivity index (χ2n) is 4.31. The maximum absolute atomic E-state index is 13.7. The zero-order chi connectivity index (χ0) is 15.4. The molecular weight excluding hydrogens is 341 g/mol. The van der Waals surface area contributed by atoms with Gasteiger partial charge in [0.05, 0.1) is 17.1 Å². The molecule has 0 aromatic heterocycles. The van der Waals surface area contributed by atoms with Crippen molar-refractivity contribution in [3.63, 3.8) is 0 Å². The van der Waals surface area contributed by atoms with Gasteiger partial charge in [-0.1, -0.05) is 0 Å². The molecule has 6 heteroatoms. The molecule has 2 aromatic carbocycles. The summed E-state index contributed by atoms with van der Waals surface area (Å²) in [6.45, 7) is 0.178. The standard InChI is InChI=1S/C15H13BrFNO3/c1-21-14-7-11(3-4-12(14)16)18-8-10-6-9(15(19)20)2-5-13(10)17/h2-7,18H,8H2,1H3,(H,19,20). The van der Waals surface area contributed by atoms with Crippen LogP contribution < -0.4 is 10.1 Å². The van der Waals surface area contributed by atoms with Crippen molar-refractivity contribution in [2.24, 2.45) is 0 Å². The molecule has 0 unspecified atom stereocenters. The maximum Gasteiger partial charge on any atom is 0.335 e. The highest BCUT2D eigenvalue weighted by Crippen LogP contribution is 2.28. The van der Waals surface area contributed by atoms with Gasteiger partial charge < -0.3 is 15.2 Å². The molecule has 0 heterocycles. The third-order valence-electron chi connectivity index (χ3n) is 2.93. The van der Waals surface area contributed by atoms with Gasteiger partial charge in [-0.15, -0.1) is 0 Å². The van der Waals surface area contributed by atoms with Crippen LogP contribution in [0.25, 0.3) is 0 Å². The summed E-state index contributed by atoms with van der Waals surface area (Å²) in [4.78, 5) is 10.9. The lowest BCUT2D eigenvalue weighted by Gasteiger charge is -2.10. The number of halogens is 2. The number of anilines is 1. The van der Waals surface area contributed by atoms with Crippen LogP contribution in [0.1, 0.15) is 15.9 Å². The molecule has 2 aromatic rings. The summed E-state index contributed by atoms with van der Waals surface area (Å²) >= 11 is 3.35. The number of hydrogen-bond donors (Lipinski definition) is 2. The largest absolute Gasteiger partial charge is 0.495 e. The van der Waals surface area contributed by atoms with E-state index in [-0.39, 0.29) is 17.7 Å². The Hall–Kier alpha value is -2.08. The van der Waals surface area contributed by atoms with E-state index in [0.29, 0.717) is 5.75 Å². The molecule has 0 saturated heterocycles. The molecule has 21 heavy (non-hydrogen) atoms. The van der Waals surface area contributed by atoms with E-state index in [9.17, 15) is 9.18 Å². The molecule has 0 aliphatic rings. The van der Waals surface area contributed by atoms with Crippen LogP contribution in [0.5, 0.6) is 5.75 Å². The minimum absolute atomic E-state index is 0.0570. The van der Waals surface area contributed by atoms with Gasteiger partial charge >= 0.3 is 5.97 Å². The molecule has 0 saturated carbocycles. The second-order valence-corrected chi connectivity index (χ2v) is 5.17. The molecule has 0 atom stereocenters. The monoisotopic (exact) mass is 353 g/mol. The van der Waals surface area contributed by atoms with E-state index in [1.807, 2.05) is 12.1 Å². The van der Waals surface area contributed by atoms with Crippen molar-refractivity contribution in [3.05, 3.63) is 57.8 Å². The molecule has 0 aliphatic heterocycles. The third kappa shape index (κ3) is 3.72. The molecule has 0 spiro atoms. The van der Waals surface area contributed by atoms with Gasteiger partial charge in [0.25, 0.3) is 0 Å². The third-order valence-corrected chi connectivity index (χ3v) is 3.58. The molecule has 0 radical (unpaired) electrons. The molecule has 2 rings (SSSR count). The normalized spacial score (nSPS) is 10.2. The smallest absolute Gasteiger partial charge is 0.335 e. The summed E-state index contributed by atoms with van der Waals surface area (Å²) in [6, 6.07) is 9.10. The number of hydrogen-bond acceptors (Lipinski definition) is 3. The van der Waals surface area contributed by atoms with Gasteiger partial charge in [-0.25, -0.2) is 9.18 Å². The van der Waals surface area contributed by atoms with E-state index in [1.54, 1.807) is 13.2 Å². The lowest BCUT2D eigenvalue weighted by atomic mass is 10.1. The molecule has 0 aliphatic carbocycles. The van der Waals surface area contributed by atoms with E-state index >= 15 is 0 Å². The van der Waals surface area contributed by atoms with Crippen molar-refractivity contribution in [2.45, 2.75) is 6.54 Å². The maximum atomic E-state index is 13.7. The highest BCUT2D eigenvalue weighted by Gasteiger charge is 2.09. The number of benzene rings is 2. The number of aromatic carboxylic acids is 1. The fraction of sp³-hybridized carbons (Fsp3) is 0.133. The first kappa shape index (κ1) is 15.3. The quantitative estimate of drug-likeness (QED) is 0.855. The Labute approximate surface area is 129 Å². The first-order chi connectivity index (χ1) is 10.0. The van der Waals surface area contributed by atoms with Gasteiger partial charge in [0.2, 0.25) is 0 Å². The van der Waals surface area contributed by atoms with Crippen LogP contribution in [0.15, 0.2) is 40.9 Å². The van der Waals surface area contributed by atoms with Crippen LogP contribution in [0.4, 0.5) is 10.1 Å². The Kier molecular flexibility index (Phi) is 4.80. The molecule has 0 fully saturated rings. The van der Waals surface area contributed by atoms with E-state index in [2.05, 4.69) is 21.2 Å². The molecule has 2 N–H and O–H groups in total. The number of carbonyl (C=O) groups is 1. The van der Waals surface area contributed by atoms with Crippen molar-refractivity contribution < 1.29 is 19.0 Å². The first-order valence-corrected chi connectivity index (χ1v) is 6.89. The zero-order valence-corrected chi connectivity index (χ0v) is 12.8. The van der Waals surface area contributed by atoms with Crippen LogP contribution in [0, 0.1) is 5.82 Å². The number of nitrogens with one attached hydrogen (secondary N) is 1. The van der Waals surface area contributed by atoms with Gasteiger partial charge in [-0.3, -0.25) is 0 Å². The average Bonchev–Trinajstić information content (AvgIpc) is 2.47. The van der Waals surface area contributed by atoms with Crippen molar-refractivity contribution in [3.8, 4) is 5.75 Å². The van der Waals surface area contributed by atoms with Crippen LogP contribution >= 0.6 is 15.9 Å². The molecule has 0 amide bonds. The lowest BCUT2D eigenvalue weighted by Crippen LogP contribution is -2.05. The minimum Gasteiger partial charge on any atom is -0.495 e. The Balaban J connectivity index is 2.16. The number of carboxylic acid groups (broad SMARTS) is 1. The molecular formula is C15H13BrFNO3. The number of carboxylic acids is 1. The minimum atomic E-state index is -1.08. The number of rotatable bonds is 5. The molecule has 110 valence electrons. The van der Waals surface area contributed by atoms with Gasteiger partial charge in [-0.2, -0.15) is 0 Å². The number of ether oxygens (including phenoxy) is 1. The van der Waals surface area contributed by atoms with Crippen LogP contribution in [-0.2, 0) is 6.54 Å². The fourth-order valence-corrected chi connectivity index (χ4v) is 2.22. The van der Waals surface area contributed by atoms with Crippen molar-refractivity contribution >= 4 is 27.6 Å². The second kappa shape index (κ2) is 6.58. The molecule has 0 bridgehead atoms. The predicted octanol–water partition coefficient (Wildman–Crippen LogP) is 3.91. The molecule has 4 nitrogen and oxygen atoms in total. The SMILES string of the molecule is COc1cc(NCc2cc(C(=O)O)ccc2F)ccc1Br. The Bertz CT molecular complexity index is 676. The fourth-order valence-electron chi connectivity index (χ4n) is 1.81.